The Morgan fingerprint density at radius 3 is 2.34 bits per heavy atom. The van der Waals surface area contributed by atoms with Crippen LogP contribution in [0, 0.1) is 5.82 Å². The molecule has 1 amide bonds. The number of hydrogen-bond donors (Lipinski definition) is 1. The molecule has 29 heavy (non-hydrogen) atoms. The second kappa shape index (κ2) is 7.36. The van der Waals surface area contributed by atoms with Crippen molar-refractivity contribution in [2.75, 3.05) is 20.2 Å². The lowest BCUT2D eigenvalue weighted by atomic mass is 10.1. The topological polar surface area (TPSA) is 79.5 Å². The van der Waals surface area contributed by atoms with Gasteiger partial charge in [-0.15, -0.1) is 0 Å². The molecule has 2 aromatic carbocycles. The summed E-state index contributed by atoms with van der Waals surface area (Å²) in [5.41, 5.74) is 1.91. The van der Waals surface area contributed by atoms with Crippen LogP contribution in [-0.4, -0.2) is 49.7 Å². The lowest BCUT2D eigenvalue weighted by molar-refractivity contribution is 0.0653. The van der Waals surface area contributed by atoms with Gasteiger partial charge in [0.25, 0.3) is 5.91 Å². The van der Waals surface area contributed by atoms with E-state index < -0.39 is 15.1 Å². The van der Waals surface area contributed by atoms with Crippen LogP contribution < -0.4 is 4.74 Å². The molecule has 0 aliphatic carbocycles. The van der Waals surface area contributed by atoms with E-state index in [1.54, 1.807) is 36.5 Å². The predicted octanol–water partition coefficient (Wildman–Crippen LogP) is 3.13. The molecule has 4 rings (SSSR count). The van der Waals surface area contributed by atoms with Crippen molar-refractivity contribution in [3.8, 4) is 16.9 Å². The Hall–Kier alpha value is -3.13. The van der Waals surface area contributed by atoms with Crippen molar-refractivity contribution >= 4 is 15.7 Å². The molecule has 1 saturated heterocycles. The fourth-order valence-electron chi connectivity index (χ4n) is 3.26. The van der Waals surface area contributed by atoms with E-state index in [4.69, 9.17) is 4.74 Å². The number of rotatable bonds is 5. The second-order valence-corrected chi connectivity index (χ2v) is 9.09. The second-order valence-electron chi connectivity index (χ2n) is 6.86. The first kappa shape index (κ1) is 19.2. The molecule has 3 aromatic rings. The van der Waals surface area contributed by atoms with E-state index >= 15 is 0 Å². The minimum atomic E-state index is -3.51. The van der Waals surface area contributed by atoms with Crippen molar-refractivity contribution in [1.29, 1.82) is 0 Å². The third kappa shape index (κ3) is 3.63. The Kier molecular flexibility index (Phi) is 4.87. The van der Waals surface area contributed by atoms with Crippen molar-refractivity contribution in [2.45, 2.75) is 10.1 Å². The Morgan fingerprint density at radius 1 is 1.07 bits per heavy atom. The maximum absolute atomic E-state index is 13.1. The number of nitrogens with one attached hydrogen (secondary N) is 1. The number of sulfone groups is 1. The summed E-state index contributed by atoms with van der Waals surface area (Å²) in [6.45, 7) is 0.274. The van der Waals surface area contributed by atoms with Crippen LogP contribution in [0.2, 0.25) is 0 Å². The average molecular weight is 414 g/mol. The van der Waals surface area contributed by atoms with Gasteiger partial charge in [0, 0.05) is 19.3 Å². The van der Waals surface area contributed by atoms with Gasteiger partial charge in [0.1, 0.15) is 22.5 Å². The van der Waals surface area contributed by atoms with Crippen LogP contribution in [0.3, 0.4) is 0 Å². The lowest BCUT2D eigenvalue weighted by Crippen LogP contribution is -2.56. The van der Waals surface area contributed by atoms with Crippen molar-refractivity contribution in [1.82, 2.24) is 9.88 Å². The molecule has 0 atom stereocenters. The smallest absolute Gasteiger partial charge is 0.270 e. The van der Waals surface area contributed by atoms with Crippen LogP contribution in [0.15, 0.2) is 65.7 Å². The summed E-state index contributed by atoms with van der Waals surface area (Å²) in [6, 6.07) is 13.9. The Balaban J connectivity index is 1.43. The van der Waals surface area contributed by atoms with Crippen molar-refractivity contribution < 1.29 is 22.3 Å². The highest BCUT2D eigenvalue weighted by molar-refractivity contribution is 7.92. The highest BCUT2D eigenvalue weighted by atomic mass is 32.2. The van der Waals surface area contributed by atoms with E-state index in [0.29, 0.717) is 11.4 Å². The summed E-state index contributed by atoms with van der Waals surface area (Å²) in [7, 11) is -2.00. The number of hydrogen-bond acceptors (Lipinski definition) is 4. The largest absolute Gasteiger partial charge is 0.497 e. The zero-order chi connectivity index (χ0) is 20.6. The first-order valence-corrected chi connectivity index (χ1v) is 10.5. The van der Waals surface area contributed by atoms with Gasteiger partial charge >= 0.3 is 0 Å². The Labute approximate surface area is 167 Å². The van der Waals surface area contributed by atoms with E-state index in [0.717, 1.165) is 11.1 Å². The SMILES string of the molecule is COc1ccc(S(=O)(=O)C2CN(C(=O)c3cc(-c4ccc(F)cc4)c[nH]3)C2)cc1. The lowest BCUT2D eigenvalue weighted by Gasteiger charge is -2.38. The molecular formula is C21H19FN2O4S. The number of amides is 1. The fourth-order valence-corrected chi connectivity index (χ4v) is 4.91. The number of carbonyl (C=O) groups excluding carboxylic acids is 1. The number of methoxy groups -OCH3 is 1. The van der Waals surface area contributed by atoms with Crippen LogP contribution in [0.5, 0.6) is 5.75 Å². The van der Waals surface area contributed by atoms with Crippen LogP contribution in [-0.2, 0) is 9.84 Å². The molecule has 1 fully saturated rings. The number of H-pyrrole nitrogens is 1. The van der Waals surface area contributed by atoms with Gasteiger partial charge in [-0.1, -0.05) is 12.1 Å². The summed E-state index contributed by atoms with van der Waals surface area (Å²) >= 11 is 0. The standard InChI is InChI=1S/C21H19FN2O4S/c1-28-17-6-8-18(9-7-17)29(26,27)19-12-24(13-19)21(25)20-10-15(11-23-20)14-2-4-16(22)5-3-14/h2-11,19,23H,12-13H2,1H3. The molecule has 1 aliphatic heterocycles. The molecule has 0 bridgehead atoms. The fraction of sp³-hybridized carbons (Fsp3) is 0.190. The van der Waals surface area contributed by atoms with E-state index in [1.165, 1.54) is 36.3 Å². The number of halogens is 1. The minimum absolute atomic E-state index is 0.137. The van der Waals surface area contributed by atoms with Crippen molar-refractivity contribution in [2.24, 2.45) is 0 Å². The molecule has 0 radical (unpaired) electrons. The van der Waals surface area contributed by atoms with Crippen LogP contribution in [0.25, 0.3) is 11.1 Å². The Bertz CT molecular complexity index is 1130. The number of carbonyl (C=O) groups is 1. The summed E-state index contributed by atoms with van der Waals surface area (Å²) in [6.07, 6.45) is 1.67. The zero-order valence-corrected chi connectivity index (χ0v) is 16.4. The van der Waals surface area contributed by atoms with Crippen LogP contribution in [0.4, 0.5) is 4.39 Å². The van der Waals surface area contributed by atoms with E-state index in [-0.39, 0.29) is 29.7 Å². The molecule has 1 aliphatic rings. The first-order chi connectivity index (χ1) is 13.9. The maximum atomic E-state index is 13.1. The number of ether oxygens (including phenoxy) is 1. The van der Waals surface area contributed by atoms with Crippen LogP contribution in [0.1, 0.15) is 10.5 Å². The highest BCUT2D eigenvalue weighted by Crippen LogP contribution is 2.27. The molecule has 0 spiro atoms. The van der Waals surface area contributed by atoms with Gasteiger partial charge in [0.15, 0.2) is 9.84 Å². The third-order valence-corrected chi connectivity index (χ3v) is 7.16. The predicted molar refractivity (Wildman–Crippen MR) is 106 cm³/mol. The molecule has 150 valence electrons. The number of likely N-dealkylation sites (tertiary alicyclic amines) is 1. The van der Waals surface area contributed by atoms with Crippen molar-refractivity contribution in [3.05, 3.63) is 72.3 Å². The van der Waals surface area contributed by atoms with E-state index in [2.05, 4.69) is 4.98 Å². The number of nitrogens with zero attached hydrogens (tertiary/aromatic N) is 1. The molecule has 0 saturated carbocycles. The molecule has 1 aromatic heterocycles. The maximum Gasteiger partial charge on any atom is 0.270 e. The van der Waals surface area contributed by atoms with Gasteiger partial charge in [-0.2, -0.15) is 0 Å². The van der Waals surface area contributed by atoms with Gasteiger partial charge in [-0.25, -0.2) is 12.8 Å². The molecule has 2 heterocycles. The average Bonchev–Trinajstić information content (AvgIpc) is 3.17. The summed E-state index contributed by atoms with van der Waals surface area (Å²) < 4.78 is 43.6. The van der Waals surface area contributed by atoms with Gasteiger partial charge in [-0.3, -0.25) is 4.79 Å². The third-order valence-electron chi connectivity index (χ3n) is 5.05. The molecule has 0 unspecified atom stereocenters. The highest BCUT2D eigenvalue weighted by Gasteiger charge is 2.41. The summed E-state index contributed by atoms with van der Waals surface area (Å²) in [4.78, 5) is 17.3. The number of aromatic amines is 1. The quantitative estimate of drug-likeness (QED) is 0.696. The summed E-state index contributed by atoms with van der Waals surface area (Å²) in [5, 5.41) is -0.633. The van der Waals surface area contributed by atoms with E-state index in [9.17, 15) is 17.6 Å². The monoisotopic (exact) mass is 414 g/mol. The first-order valence-electron chi connectivity index (χ1n) is 9.00. The summed E-state index contributed by atoms with van der Waals surface area (Å²) in [5.74, 6) is -0.0112. The van der Waals surface area contributed by atoms with E-state index in [1.807, 2.05) is 0 Å². The molecule has 1 N–H and O–H groups in total. The van der Waals surface area contributed by atoms with Gasteiger partial charge in [-0.05, 0) is 53.6 Å². The number of benzene rings is 2. The van der Waals surface area contributed by atoms with Gasteiger partial charge < -0.3 is 14.6 Å². The molecule has 6 nitrogen and oxygen atoms in total. The van der Waals surface area contributed by atoms with Gasteiger partial charge in [0.05, 0.1) is 12.0 Å². The number of aromatic nitrogens is 1. The Morgan fingerprint density at radius 2 is 1.72 bits per heavy atom. The normalized spacial score (nSPS) is 14.5. The van der Waals surface area contributed by atoms with Crippen molar-refractivity contribution in [3.63, 3.8) is 0 Å². The zero-order valence-electron chi connectivity index (χ0n) is 15.6. The minimum Gasteiger partial charge on any atom is -0.497 e. The van der Waals surface area contributed by atoms with Gasteiger partial charge in [0.2, 0.25) is 0 Å². The molecular weight excluding hydrogens is 395 g/mol. The van der Waals surface area contributed by atoms with Crippen LogP contribution >= 0.6 is 0 Å². The molecule has 8 heteroatoms.